The molecular formula is C16H28O. The minimum atomic E-state index is -0.583. The van der Waals surface area contributed by atoms with Gasteiger partial charge in [0.15, 0.2) is 0 Å². The van der Waals surface area contributed by atoms with Crippen LogP contribution in [0.3, 0.4) is 0 Å². The van der Waals surface area contributed by atoms with Gasteiger partial charge in [0.2, 0.25) is 0 Å². The Balaban J connectivity index is 2.54. The van der Waals surface area contributed by atoms with Crippen molar-refractivity contribution in [3.05, 3.63) is 25.3 Å². The van der Waals surface area contributed by atoms with Gasteiger partial charge in [-0.25, -0.2) is 0 Å². The third-order valence-corrected chi connectivity index (χ3v) is 4.30. The lowest BCUT2D eigenvalue weighted by Gasteiger charge is -2.39. The molecule has 17 heavy (non-hydrogen) atoms. The molecule has 0 atom stereocenters. The van der Waals surface area contributed by atoms with Gasteiger partial charge in [0.25, 0.3) is 0 Å². The van der Waals surface area contributed by atoms with E-state index in [-0.39, 0.29) is 0 Å². The van der Waals surface area contributed by atoms with Gasteiger partial charge in [-0.1, -0.05) is 44.8 Å². The van der Waals surface area contributed by atoms with Gasteiger partial charge >= 0.3 is 0 Å². The maximum atomic E-state index is 10.7. The molecule has 1 nitrogen and oxygen atoms in total. The van der Waals surface area contributed by atoms with Crippen molar-refractivity contribution in [1.29, 1.82) is 0 Å². The first-order chi connectivity index (χ1) is 8.16. The van der Waals surface area contributed by atoms with Crippen LogP contribution in [0.2, 0.25) is 0 Å². The average Bonchev–Trinajstić information content (AvgIpc) is 2.31. The van der Waals surface area contributed by atoms with Gasteiger partial charge in [-0.05, 0) is 37.5 Å². The fourth-order valence-electron chi connectivity index (χ4n) is 3.31. The third-order valence-electron chi connectivity index (χ3n) is 4.30. The highest BCUT2D eigenvalue weighted by Gasteiger charge is 2.36. The fraction of sp³-hybridized carbons (Fsp3) is 0.750. The van der Waals surface area contributed by atoms with Crippen molar-refractivity contribution in [1.82, 2.24) is 0 Å². The molecule has 1 aliphatic rings. The molecule has 0 aromatic heterocycles. The minimum absolute atomic E-state index is 0.437. The van der Waals surface area contributed by atoms with E-state index in [1.54, 1.807) is 0 Å². The van der Waals surface area contributed by atoms with Crippen molar-refractivity contribution >= 4 is 0 Å². The standard InChI is InChI=1S/C16H28O/c1-4-7-14-8-10-15(11-9-14)16(17,12-5-2)13-6-3/h5-6,14-15,17H,2-4,7-13H2,1H3. The molecule has 0 heterocycles. The van der Waals surface area contributed by atoms with Crippen molar-refractivity contribution in [2.24, 2.45) is 11.8 Å². The molecule has 1 N–H and O–H groups in total. The predicted molar refractivity (Wildman–Crippen MR) is 74.9 cm³/mol. The molecule has 0 unspecified atom stereocenters. The van der Waals surface area contributed by atoms with Crippen molar-refractivity contribution in [2.75, 3.05) is 0 Å². The van der Waals surface area contributed by atoms with Crippen LogP contribution in [-0.2, 0) is 0 Å². The minimum Gasteiger partial charge on any atom is -0.389 e. The highest BCUT2D eigenvalue weighted by molar-refractivity contribution is 4.97. The molecule has 0 aromatic rings. The van der Waals surface area contributed by atoms with Gasteiger partial charge in [0.05, 0.1) is 5.60 Å². The van der Waals surface area contributed by atoms with Crippen LogP contribution in [0.5, 0.6) is 0 Å². The van der Waals surface area contributed by atoms with Crippen molar-refractivity contribution in [2.45, 2.75) is 63.9 Å². The Labute approximate surface area is 107 Å². The highest BCUT2D eigenvalue weighted by atomic mass is 16.3. The van der Waals surface area contributed by atoms with Gasteiger partial charge in [-0.15, -0.1) is 13.2 Å². The zero-order valence-corrected chi connectivity index (χ0v) is 11.3. The third kappa shape index (κ3) is 3.99. The van der Waals surface area contributed by atoms with Crippen LogP contribution >= 0.6 is 0 Å². The number of aliphatic hydroxyl groups is 1. The van der Waals surface area contributed by atoms with E-state index in [1.807, 2.05) is 12.2 Å². The van der Waals surface area contributed by atoms with E-state index in [2.05, 4.69) is 20.1 Å². The van der Waals surface area contributed by atoms with Gasteiger partial charge < -0.3 is 5.11 Å². The van der Waals surface area contributed by atoms with Crippen LogP contribution in [0, 0.1) is 11.8 Å². The van der Waals surface area contributed by atoms with E-state index in [0.717, 1.165) is 5.92 Å². The molecule has 0 spiro atoms. The summed E-state index contributed by atoms with van der Waals surface area (Å²) in [7, 11) is 0. The monoisotopic (exact) mass is 236 g/mol. The molecule has 1 aliphatic carbocycles. The lowest BCUT2D eigenvalue weighted by Crippen LogP contribution is -2.39. The summed E-state index contributed by atoms with van der Waals surface area (Å²) in [6.45, 7) is 9.81. The van der Waals surface area contributed by atoms with Crippen LogP contribution in [0.4, 0.5) is 0 Å². The lowest BCUT2D eigenvalue weighted by atomic mass is 9.70. The molecule has 1 heteroatoms. The molecule has 0 radical (unpaired) electrons. The Kier molecular flexibility index (Phi) is 5.97. The summed E-state index contributed by atoms with van der Waals surface area (Å²) < 4.78 is 0. The van der Waals surface area contributed by atoms with Gasteiger partial charge in [-0.2, -0.15) is 0 Å². The number of hydrogen-bond acceptors (Lipinski definition) is 1. The van der Waals surface area contributed by atoms with Crippen LogP contribution in [0.1, 0.15) is 58.3 Å². The van der Waals surface area contributed by atoms with E-state index in [0.29, 0.717) is 18.8 Å². The Bertz CT molecular complexity index is 226. The molecule has 1 rings (SSSR count). The molecule has 1 fully saturated rings. The highest BCUT2D eigenvalue weighted by Crippen LogP contribution is 2.40. The molecule has 0 bridgehead atoms. The molecule has 0 saturated heterocycles. The maximum absolute atomic E-state index is 10.7. The number of hydrogen-bond donors (Lipinski definition) is 1. The summed E-state index contributed by atoms with van der Waals surface area (Å²) >= 11 is 0. The van der Waals surface area contributed by atoms with Gasteiger partial charge in [-0.3, -0.25) is 0 Å². The maximum Gasteiger partial charge on any atom is 0.0744 e. The second-order valence-electron chi connectivity index (χ2n) is 5.60. The summed E-state index contributed by atoms with van der Waals surface area (Å²) in [6, 6.07) is 0. The van der Waals surface area contributed by atoms with E-state index in [9.17, 15) is 5.11 Å². The van der Waals surface area contributed by atoms with E-state index >= 15 is 0 Å². The van der Waals surface area contributed by atoms with Crippen LogP contribution in [0.15, 0.2) is 25.3 Å². The normalized spacial score (nSPS) is 25.5. The first kappa shape index (κ1) is 14.5. The lowest BCUT2D eigenvalue weighted by molar-refractivity contribution is -0.0338. The van der Waals surface area contributed by atoms with Crippen molar-refractivity contribution in [3.8, 4) is 0 Å². The SMILES string of the molecule is C=CCC(O)(CC=C)C1CCC(CCC)CC1. The second-order valence-corrected chi connectivity index (χ2v) is 5.60. The van der Waals surface area contributed by atoms with Gasteiger partial charge in [0.1, 0.15) is 0 Å². The smallest absolute Gasteiger partial charge is 0.0744 e. The number of rotatable bonds is 7. The topological polar surface area (TPSA) is 20.2 Å². The van der Waals surface area contributed by atoms with Crippen molar-refractivity contribution < 1.29 is 5.11 Å². The molecular weight excluding hydrogens is 208 g/mol. The Morgan fingerprint density at radius 1 is 1.12 bits per heavy atom. The Hall–Kier alpha value is -0.560. The van der Waals surface area contributed by atoms with E-state index in [4.69, 9.17) is 0 Å². The van der Waals surface area contributed by atoms with E-state index < -0.39 is 5.60 Å². The largest absolute Gasteiger partial charge is 0.389 e. The predicted octanol–water partition coefficient (Wildman–Crippen LogP) is 4.48. The molecule has 0 amide bonds. The summed E-state index contributed by atoms with van der Waals surface area (Å²) in [5.41, 5.74) is -0.583. The summed E-state index contributed by atoms with van der Waals surface area (Å²) in [5.74, 6) is 1.33. The fourth-order valence-corrected chi connectivity index (χ4v) is 3.31. The molecule has 98 valence electrons. The van der Waals surface area contributed by atoms with Gasteiger partial charge in [0, 0.05) is 0 Å². The summed E-state index contributed by atoms with van der Waals surface area (Å²) in [6.07, 6.45) is 12.6. The molecule has 0 aromatic carbocycles. The Morgan fingerprint density at radius 2 is 1.65 bits per heavy atom. The first-order valence-electron chi connectivity index (χ1n) is 7.10. The molecule has 1 saturated carbocycles. The van der Waals surface area contributed by atoms with Crippen LogP contribution < -0.4 is 0 Å². The van der Waals surface area contributed by atoms with Crippen LogP contribution in [0.25, 0.3) is 0 Å². The Morgan fingerprint density at radius 3 is 2.06 bits per heavy atom. The second kappa shape index (κ2) is 7.00. The average molecular weight is 236 g/mol. The van der Waals surface area contributed by atoms with Crippen molar-refractivity contribution in [3.63, 3.8) is 0 Å². The molecule has 0 aliphatic heterocycles. The summed E-state index contributed by atoms with van der Waals surface area (Å²) in [4.78, 5) is 0. The zero-order valence-electron chi connectivity index (χ0n) is 11.3. The van der Waals surface area contributed by atoms with Crippen LogP contribution in [-0.4, -0.2) is 10.7 Å². The summed E-state index contributed by atoms with van der Waals surface area (Å²) in [5, 5.41) is 10.7. The van der Waals surface area contributed by atoms with E-state index in [1.165, 1.54) is 38.5 Å². The first-order valence-corrected chi connectivity index (χ1v) is 7.10. The zero-order chi connectivity index (χ0) is 12.7. The quantitative estimate of drug-likeness (QED) is 0.646.